The SMILES string of the molecule is COC(=O)C1(COc2cc(C)c(-c3cnc(-c4nc(-c5ccc(OC)cc5)cn4COCC[Si](C)(C)C)c(Cl)c3)cn2)CC1. The van der Waals surface area contributed by atoms with E-state index in [4.69, 9.17) is 40.5 Å². The van der Waals surface area contributed by atoms with Gasteiger partial charge in [0.25, 0.3) is 0 Å². The first-order valence-corrected chi connectivity index (χ1v) is 18.7. The topological polar surface area (TPSA) is 97.6 Å². The van der Waals surface area contributed by atoms with E-state index in [0.29, 0.717) is 35.8 Å². The largest absolute Gasteiger partial charge is 0.497 e. The van der Waals surface area contributed by atoms with Gasteiger partial charge in [0.05, 0.1) is 24.9 Å². The molecule has 3 heterocycles. The first-order chi connectivity index (χ1) is 21.0. The monoisotopic (exact) mass is 634 g/mol. The fourth-order valence-corrected chi connectivity index (χ4v) is 5.80. The Hall–Kier alpha value is -3.73. The molecule has 3 aromatic heterocycles. The molecule has 4 aromatic rings. The molecule has 1 aliphatic carbocycles. The Kier molecular flexibility index (Phi) is 9.43. The molecule has 0 bridgehead atoms. The number of hydrogen-bond donors (Lipinski definition) is 0. The van der Waals surface area contributed by atoms with Crippen molar-refractivity contribution in [3.8, 4) is 45.5 Å². The Bertz CT molecular complexity index is 1630. The molecular formula is C33H39ClN4O5Si. The van der Waals surface area contributed by atoms with Crippen LogP contribution in [0.3, 0.4) is 0 Å². The van der Waals surface area contributed by atoms with E-state index in [1.807, 2.05) is 54.1 Å². The van der Waals surface area contributed by atoms with Gasteiger partial charge in [-0.05, 0) is 61.7 Å². The van der Waals surface area contributed by atoms with Gasteiger partial charge in [0.15, 0.2) is 5.82 Å². The molecule has 0 amide bonds. The smallest absolute Gasteiger partial charge is 0.315 e. The van der Waals surface area contributed by atoms with Crippen LogP contribution in [0.5, 0.6) is 11.6 Å². The van der Waals surface area contributed by atoms with Crippen molar-refractivity contribution < 1.29 is 23.7 Å². The van der Waals surface area contributed by atoms with Crippen molar-refractivity contribution in [3.63, 3.8) is 0 Å². The fourth-order valence-electron chi connectivity index (χ4n) is 4.79. The number of rotatable bonds is 13. The Morgan fingerprint density at radius 3 is 2.41 bits per heavy atom. The highest BCUT2D eigenvalue weighted by Gasteiger charge is 2.52. The molecule has 0 aliphatic heterocycles. The number of ether oxygens (including phenoxy) is 4. The van der Waals surface area contributed by atoms with E-state index in [2.05, 4.69) is 24.6 Å². The summed E-state index contributed by atoms with van der Waals surface area (Å²) in [6, 6.07) is 12.6. The average Bonchev–Trinajstić information content (AvgIpc) is 3.69. The average molecular weight is 635 g/mol. The number of carbonyl (C=O) groups excluding carboxylic acids is 1. The first kappa shape index (κ1) is 31.7. The molecule has 9 nitrogen and oxygen atoms in total. The van der Waals surface area contributed by atoms with E-state index in [9.17, 15) is 4.79 Å². The summed E-state index contributed by atoms with van der Waals surface area (Å²) in [6.45, 7) is 10.2. The molecular weight excluding hydrogens is 596 g/mol. The maximum atomic E-state index is 12.0. The van der Waals surface area contributed by atoms with Crippen LogP contribution in [0.15, 0.2) is 55.0 Å². The molecule has 232 valence electrons. The molecule has 44 heavy (non-hydrogen) atoms. The molecule has 0 unspecified atom stereocenters. The predicted molar refractivity (Wildman–Crippen MR) is 174 cm³/mol. The maximum absolute atomic E-state index is 12.0. The Labute approximate surface area is 264 Å². The van der Waals surface area contributed by atoms with Crippen LogP contribution in [0, 0.1) is 12.3 Å². The number of nitrogens with zero attached hydrogens (tertiary/aromatic N) is 4. The van der Waals surface area contributed by atoms with Crippen LogP contribution in [0.2, 0.25) is 30.7 Å². The van der Waals surface area contributed by atoms with Gasteiger partial charge in [-0.25, -0.2) is 9.97 Å². The van der Waals surface area contributed by atoms with Gasteiger partial charge in [-0.15, -0.1) is 0 Å². The molecule has 1 fully saturated rings. The van der Waals surface area contributed by atoms with Gasteiger partial charge in [-0.1, -0.05) is 31.2 Å². The number of imidazole rings is 1. The third-order valence-electron chi connectivity index (χ3n) is 7.81. The first-order valence-electron chi connectivity index (χ1n) is 14.7. The second kappa shape index (κ2) is 13.1. The van der Waals surface area contributed by atoms with E-state index in [1.54, 1.807) is 19.5 Å². The summed E-state index contributed by atoms with van der Waals surface area (Å²) in [5.41, 5.74) is 4.40. The minimum Gasteiger partial charge on any atom is -0.497 e. The van der Waals surface area contributed by atoms with E-state index in [0.717, 1.165) is 52.6 Å². The molecule has 1 aliphatic rings. The van der Waals surface area contributed by atoms with Crippen LogP contribution in [0.25, 0.3) is 33.9 Å². The third kappa shape index (κ3) is 7.31. The molecule has 0 spiro atoms. The maximum Gasteiger partial charge on any atom is 0.315 e. The number of pyridine rings is 2. The van der Waals surface area contributed by atoms with E-state index in [1.165, 1.54) is 7.11 Å². The summed E-state index contributed by atoms with van der Waals surface area (Å²) in [7, 11) is 1.82. The lowest BCUT2D eigenvalue weighted by molar-refractivity contribution is -0.148. The standard InChI is InChI=1S/C33H39ClN4O5Si/c1-22-15-29(43-20-33(11-12-33)32(39)41-3)35-18-26(22)24-16-27(34)30(36-17-24)31-37-28(23-7-9-25(40-2)10-8-23)19-38(31)21-42-13-14-44(4,5)6/h7-10,15-19H,11-14,20-21H2,1-6H3. The van der Waals surface area contributed by atoms with Crippen LogP contribution in [0.4, 0.5) is 0 Å². The van der Waals surface area contributed by atoms with E-state index < -0.39 is 13.5 Å². The number of methoxy groups -OCH3 is 2. The molecule has 1 saturated carbocycles. The number of hydrogen-bond acceptors (Lipinski definition) is 8. The van der Waals surface area contributed by atoms with Crippen molar-refractivity contribution in [2.45, 2.75) is 52.2 Å². The number of benzene rings is 1. The van der Waals surface area contributed by atoms with Gasteiger partial charge in [0.1, 0.15) is 30.2 Å². The van der Waals surface area contributed by atoms with Crippen molar-refractivity contribution in [1.82, 2.24) is 19.5 Å². The lowest BCUT2D eigenvalue weighted by Crippen LogP contribution is -2.24. The van der Waals surface area contributed by atoms with E-state index in [-0.39, 0.29) is 12.6 Å². The van der Waals surface area contributed by atoms with Crippen LogP contribution in [-0.2, 0) is 21.0 Å². The van der Waals surface area contributed by atoms with Gasteiger partial charge < -0.3 is 23.5 Å². The molecule has 0 radical (unpaired) electrons. The predicted octanol–water partition coefficient (Wildman–Crippen LogP) is 7.29. The zero-order chi connectivity index (χ0) is 31.5. The summed E-state index contributed by atoms with van der Waals surface area (Å²) in [4.78, 5) is 26.2. The normalized spacial score (nSPS) is 13.9. The summed E-state index contributed by atoms with van der Waals surface area (Å²) in [5.74, 6) is 1.63. The summed E-state index contributed by atoms with van der Waals surface area (Å²) >= 11 is 6.88. The summed E-state index contributed by atoms with van der Waals surface area (Å²) < 4.78 is 24.2. The Morgan fingerprint density at radius 1 is 1.05 bits per heavy atom. The van der Waals surface area contributed by atoms with Crippen molar-refractivity contribution >= 4 is 25.6 Å². The van der Waals surface area contributed by atoms with Crippen LogP contribution in [-0.4, -0.2) is 61.0 Å². The summed E-state index contributed by atoms with van der Waals surface area (Å²) in [6.07, 6.45) is 7.01. The minimum atomic E-state index is -1.23. The highest BCUT2D eigenvalue weighted by molar-refractivity contribution is 6.76. The Balaban J connectivity index is 1.38. The van der Waals surface area contributed by atoms with Crippen LogP contribution in [0.1, 0.15) is 18.4 Å². The van der Waals surface area contributed by atoms with Gasteiger partial charge in [-0.3, -0.25) is 9.78 Å². The highest BCUT2D eigenvalue weighted by Crippen LogP contribution is 2.47. The van der Waals surface area contributed by atoms with Gasteiger partial charge >= 0.3 is 5.97 Å². The molecule has 0 atom stereocenters. The molecule has 5 rings (SSSR count). The van der Waals surface area contributed by atoms with Gasteiger partial charge in [-0.2, -0.15) is 0 Å². The van der Waals surface area contributed by atoms with Crippen LogP contribution >= 0.6 is 11.6 Å². The fraction of sp³-hybridized carbons (Fsp3) is 0.394. The van der Waals surface area contributed by atoms with Gasteiger partial charge in [0.2, 0.25) is 5.88 Å². The van der Waals surface area contributed by atoms with Crippen molar-refractivity contribution in [2.75, 3.05) is 27.4 Å². The minimum absolute atomic E-state index is 0.235. The number of aryl methyl sites for hydroxylation is 1. The quantitative estimate of drug-likeness (QED) is 0.0859. The molecule has 0 saturated heterocycles. The lowest BCUT2D eigenvalue weighted by Gasteiger charge is -2.16. The summed E-state index contributed by atoms with van der Waals surface area (Å²) in [5, 5.41) is 0.464. The van der Waals surface area contributed by atoms with Crippen molar-refractivity contribution in [3.05, 3.63) is 65.6 Å². The highest BCUT2D eigenvalue weighted by atomic mass is 35.5. The Morgan fingerprint density at radius 2 is 1.80 bits per heavy atom. The third-order valence-corrected chi connectivity index (χ3v) is 9.80. The van der Waals surface area contributed by atoms with Crippen molar-refractivity contribution in [2.24, 2.45) is 5.41 Å². The second-order valence-corrected chi connectivity index (χ2v) is 18.5. The van der Waals surface area contributed by atoms with Crippen LogP contribution < -0.4 is 9.47 Å². The van der Waals surface area contributed by atoms with Crippen molar-refractivity contribution in [1.29, 1.82) is 0 Å². The molecule has 1 aromatic carbocycles. The molecule has 11 heteroatoms. The number of halogens is 1. The zero-order valence-electron chi connectivity index (χ0n) is 26.1. The van der Waals surface area contributed by atoms with E-state index >= 15 is 0 Å². The second-order valence-electron chi connectivity index (χ2n) is 12.4. The number of aromatic nitrogens is 4. The molecule has 0 N–H and O–H groups in total. The van der Waals surface area contributed by atoms with Gasteiger partial charge in [0, 0.05) is 56.0 Å². The lowest BCUT2D eigenvalue weighted by atomic mass is 10.0. The zero-order valence-corrected chi connectivity index (χ0v) is 27.9. The number of carbonyl (C=O) groups is 1. The number of esters is 1.